The molecule has 2 unspecified atom stereocenters. The Bertz CT molecular complexity index is 1050. The van der Waals surface area contributed by atoms with Crippen LogP contribution in [0.4, 0.5) is 0 Å². The van der Waals surface area contributed by atoms with E-state index >= 15 is 4.79 Å². The Hall–Kier alpha value is -1.04. The highest BCUT2D eigenvalue weighted by Crippen LogP contribution is 2.83. The van der Waals surface area contributed by atoms with Crippen molar-refractivity contribution in [3.8, 4) is 0 Å². The molecule has 5 heteroatoms. The van der Waals surface area contributed by atoms with Crippen LogP contribution in [-0.2, 0) is 14.3 Å². The fourth-order valence-electron chi connectivity index (χ4n) is 11.3. The Morgan fingerprint density at radius 2 is 1.74 bits per heavy atom. The van der Waals surface area contributed by atoms with E-state index in [2.05, 4.69) is 26.8 Å². The first-order chi connectivity index (χ1) is 16.1. The smallest absolute Gasteiger partial charge is 0.241 e. The molecule has 0 aromatic rings. The minimum absolute atomic E-state index is 0.0281. The van der Waals surface area contributed by atoms with Crippen molar-refractivity contribution in [2.24, 2.45) is 45.3 Å². The zero-order valence-electron chi connectivity index (χ0n) is 22.7. The summed E-state index contributed by atoms with van der Waals surface area (Å²) in [6.07, 6.45) is 7.95. The van der Waals surface area contributed by atoms with Crippen LogP contribution in [0.5, 0.6) is 0 Å². The molecular weight excluding hydrogens is 440 g/mol. The van der Waals surface area contributed by atoms with Crippen LogP contribution in [0.1, 0.15) is 99.8 Å². The fourth-order valence-corrected chi connectivity index (χ4v) is 11.3. The lowest BCUT2D eigenvalue weighted by atomic mass is 9.28. The van der Waals surface area contributed by atoms with Crippen LogP contribution >= 0.6 is 0 Å². The minimum Gasteiger partial charge on any atom is -0.390 e. The lowest BCUT2D eigenvalue weighted by Crippen LogP contribution is -2.83. The van der Waals surface area contributed by atoms with Gasteiger partial charge in [-0.2, -0.15) is 0 Å². The number of hydrogen-bond donors (Lipinski definition) is 2. The monoisotopic (exact) mass is 484 g/mol. The standard InChI is InChI=1S/C30H44O5/c1-8-18-14-19-21-25(6,7)35-30(34)23(32)28(19)16-27(33)12-9-11-24(4,5)20(27)10-13-26(28,15-18)22(31)29(21,30)17(2)3/h14,17,19-21,33-34H,8-13,15-16H2,1-7H3/t19?,20-,21?,26-,27-,28+,29-,30-/m0/s1. The Labute approximate surface area is 210 Å². The summed E-state index contributed by atoms with van der Waals surface area (Å²) in [5, 5.41) is 24.7. The third-order valence-electron chi connectivity index (χ3n) is 12.3. The maximum Gasteiger partial charge on any atom is 0.241 e. The highest BCUT2D eigenvalue weighted by atomic mass is 16.7. The van der Waals surface area contributed by atoms with Gasteiger partial charge in [-0.1, -0.05) is 52.7 Å². The molecule has 6 aliphatic carbocycles. The van der Waals surface area contributed by atoms with Gasteiger partial charge in [-0.25, -0.2) is 0 Å². The number of rotatable bonds is 2. The van der Waals surface area contributed by atoms with E-state index in [1.807, 2.05) is 27.7 Å². The zero-order valence-corrected chi connectivity index (χ0v) is 22.7. The van der Waals surface area contributed by atoms with Crippen LogP contribution in [0.25, 0.3) is 0 Å². The predicted octanol–water partition coefficient (Wildman–Crippen LogP) is 4.98. The summed E-state index contributed by atoms with van der Waals surface area (Å²) >= 11 is 0. The summed E-state index contributed by atoms with van der Waals surface area (Å²) in [7, 11) is 0. The van der Waals surface area contributed by atoms with Crippen LogP contribution in [0.3, 0.4) is 0 Å². The van der Waals surface area contributed by atoms with E-state index < -0.39 is 33.2 Å². The van der Waals surface area contributed by atoms with E-state index in [0.29, 0.717) is 19.3 Å². The van der Waals surface area contributed by atoms with Gasteiger partial charge < -0.3 is 14.9 Å². The molecule has 0 radical (unpaired) electrons. The topological polar surface area (TPSA) is 83.8 Å². The lowest BCUT2D eigenvalue weighted by Gasteiger charge is -2.71. The second-order valence-corrected chi connectivity index (χ2v) is 14.7. The average Bonchev–Trinajstić information content (AvgIpc) is 2.81. The molecule has 6 fully saturated rings. The lowest BCUT2D eigenvalue weighted by molar-refractivity contribution is -0.286. The second kappa shape index (κ2) is 6.50. The van der Waals surface area contributed by atoms with Crippen molar-refractivity contribution in [2.45, 2.75) is 117 Å². The number of aliphatic hydroxyl groups is 2. The summed E-state index contributed by atoms with van der Waals surface area (Å²) in [6, 6.07) is 0. The predicted molar refractivity (Wildman–Crippen MR) is 132 cm³/mol. The third-order valence-corrected chi connectivity index (χ3v) is 12.3. The maximum atomic E-state index is 15.2. The molecule has 1 saturated heterocycles. The molecule has 7 aliphatic rings. The van der Waals surface area contributed by atoms with Crippen LogP contribution in [0.15, 0.2) is 11.6 Å². The number of hydrogen-bond acceptors (Lipinski definition) is 5. The van der Waals surface area contributed by atoms with Gasteiger partial charge in [0.15, 0.2) is 5.78 Å². The van der Waals surface area contributed by atoms with Crippen LogP contribution in [0, 0.1) is 45.3 Å². The molecule has 2 N–H and O–H groups in total. The number of carbonyl (C=O) groups is 2. The molecule has 6 bridgehead atoms. The van der Waals surface area contributed by atoms with Gasteiger partial charge in [0.2, 0.25) is 11.6 Å². The van der Waals surface area contributed by atoms with E-state index in [1.54, 1.807) is 0 Å². The number of carbonyl (C=O) groups excluding carboxylic acids is 2. The third kappa shape index (κ3) is 2.27. The molecule has 5 nitrogen and oxygen atoms in total. The van der Waals surface area contributed by atoms with Crippen molar-refractivity contribution in [3.05, 3.63) is 11.6 Å². The Morgan fingerprint density at radius 3 is 2.37 bits per heavy atom. The van der Waals surface area contributed by atoms with Gasteiger partial charge in [-0.15, -0.1) is 0 Å². The highest BCUT2D eigenvalue weighted by Gasteiger charge is 2.93. The van der Waals surface area contributed by atoms with E-state index in [0.717, 1.165) is 25.7 Å². The summed E-state index contributed by atoms with van der Waals surface area (Å²) in [5.74, 6) is -3.14. The van der Waals surface area contributed by atoms with Gasteiger partial charge in [-0.3, -0.25) is 9.59 Å². The van der Waals surface area contributed by atoms with E-state index in [4.69, 9.17) is 4.74 Å². The zero-order chi connectivity index (χ0) is 25.6. The van der Waals surface area contributed by atoms with E-state index in [9.17, 15) is 15.0 Å². The molecule has 8 atom stereocenters. The van der Waals surface area contributed by atoms with Crippen molar-refractivity contribution in [3.63, 3.8) is 0 Å². The molecule has 194 valence electrons. The number of ether oxygens (including phenoxy) is 1. The first-order valence-electron chi connectivity index (χ1n) is 14.0. The van der Waals surface area contributed by atoms with Gasteiger partial charge >= 0.3 is 0 Å². The van der Waals surface area contributed by atoms with Gasteiger partial charge in [0.1, 0.15) is 0 Å². The SMILES string of the molecule is CCC1=CC2C3C(C)(C)O[C@@]4(O)C(=O)[C@@]25C[C@@]2(O)CCCC(C)(C)[C@@H]2CC[C@]5(C1)C(=O)[C@]34C(C)C. The number of fused-ring (bicyclic) bond motifs is 1. The summed E-state index contributed by atoms with van der Waals surface area (Å²) in [5.41, 5.74) is -3.94. The van der Waals surface area contributed by atoms with Crippen molar-refractivity contribution >= 4 is 11.6 Å². The molecule has 7 rings (SSSR count). The normalized spacial score (nSPS) is 53.2. The van der Waals surface area contributed by atoms with Crippen molar-refractivity contribution in [2.75, 3.05) is 0 Å². The van der Waals surface area contributed by atoms with Crippen molar-refractivity contribution in [1.29, 1.82) is 0 Å². The fraction of sp³-hybridized carbons (Fsp3) is 0.867. The van der Waals surface area contributed by atoms with Crippen LogP contribution in [0.2, 0.25) is 0 Å². The Balaban J connectivity index is 1.70. The van der Waals surface area contributed by atoms with Crippen molar-refractivity contribution < 1.29 is 24.5 Å². The molecule has 1 aliphatic heterocycles. The second-order valence-electron chi connectivity index (χ2n) is 14.7. The summed E-state index contributed by atoms with van der Waals surface area (Å²) in [4.78, 5) is 30.1. The van der Waals surface area contributed by atoms with Crippen LogP contribution < -0.4 is 0 Å². The molecule has 35 heavy (non-hydrogen) atoms. The highest BCUT2D eigenvalue weighted by molar-refractivity contribution is 6.13. The Kier molecular flexibility index (Phi) is 4.51. The minimum atomic E-state index is -2.13. The molecule has 0 aromatic heterocycles. The number of ketones is 2. The molecule has 5 saturated carbocycles. The van der Waals surface area contributed by atoms with E-state index in [1.165, 1.54) is 5.57 Å². The van der Waals surface area contributed by atoms with Crippen LogP contribution in [-0.4, -0.2) is 38.8 Å². The Morgan fingerprint density at radius 1 is 1.06 bits per heavy atom. The molecule has 0 amide bonds. The molecular formula is C30H44O5. The van der Waals surface area contributed by atoms with Crippen molar-refractivity contribution in [1.82, 2.24) is 0 Å². The van der Waals surface area contributed by atoms with Gasteiger partial charge in [0, 0.05) is 11.3 Å². The molecule has 1 heterocycles. The number of allylic oxidation sites excluding steroid dienone is 2. The van der Waals surface area contributed by atoms with Gasteiger partial charge in [-0.05, 0) is 82.0 Å². The average molecular weight is 485 g/mol. The summed E-state index contributed by atoms with van der Waals surface area (Å²) < 4.78 is 6.38. The summed E-state index contributed by atoms with van der Waals surface area (Å²) in [6.45, 7) is 14.5. The first kappa shape index (κ1) is 24.3. The number of Topliss-reactive ketones (excluding diaryl/α,β-unsaturated/α-hetero) is 2. The quantitative estimate of drug-likeness (QED) is 0.540. The molecule has 0 aromatic carbocycles. The van der Waals surface area contributed by atoms with Gasteiger partial charge in [0.05, 0.1) is 22.0 Å². The molecule has 1 spiro atoms. The maximum absolute atomic E-state index is 15.2. The largest absolute Gasteiger partial charge is 0.390 e. The van der Waals surface area contributed by atoms with E-state index in [-0.39, 0.29) is 47.1 Å². The van der Waals surface area contributed by atoms with Gasteiger partial charge in [0.25, 0.3) is 0 Å². The first-order valence-corrected chi connectivity index (χ1v) is 14.0.